The summed E-state index contributed by atoms with van der Waals surface area (Å²) in [5, 5.41) is 10.6. The molecule has 0 radical (unpaired) electrons. The normalized spacial score (nSPS) is 20.2. The Balaban J connectivity index is 1.23. The van der Waals surface area contributed by atoms with Crippen LogP contribution >= 0.6 is 0 Å². The van der Waals surface area contributed by atoms with Crippen molar-refractivity contribution in [3.63, 3.8) is 0 Å². The Morgan fingerprint density at radius 2 is 2.00 bits per heavy atom. The number of nitrogens with one attached hydrogen (secondary N) is 1. The summed E-state index contributed by atoms with van der Waals surface area (Å²) in [5.41, 5.74) is 2.30. The number of hydrogen-bond donors (Lipinski definition) is 1. The Kier molecular flexibility index (Phi) is 4.44. The van der Waals surface area contributed by atoms with E-state index in [4.69, 9.17) is 0 Å². The first-order valence-corrected chi connectivity index (χ1v) is 8.91. The Labute approximate surface area is 147 Å². The molecule has 0 unspecified atom stereocenters. The largest absolute Gasteiger partial charge is 0.349 e. The molecule has 1 aliphatic carbocycles. The maximum Gasteiger partial charge on any atom is 0.253 e. The SMILES string of the molecule is O=C(NC1CC2(CCN(Cc3cccnc3)CC2)C1)c1ccnnc1. The van der Waals surface area contributed by atoms with Gasteiger partial charge in [-0.1, -0.05) is 6.07 Å². The number of amides is 1. The molecule has 4 rings (SSSR count). The van der Waals surface area contributed by atoms with Crippen LogP contribution in [0.3, 0.4) is 0 Å². The number of pyridine rings is 1. The van der Waals surface area contributed by atoms with Gasteiger partial charge in [-0.3, -0.25) is 14.7 Å². The zero-order valence-electron chi connectivity index (χ0n) is 14.3. The lowest BCUT2D eigenvalue weighted by molar-refractivity contribution is 0.00465. The highest BCUT2D eigenvalue weighted by molar-refractivity contribution is 5.94. The molecule has 1 saturated heterocycles. The fourth-order valence-electron chi connectivity index (χ4n) is 4.12. The minimum absolute atomic E-state index is 0.0382. The molecule has 6 nitrogen and oxygen atoms in total. The molecule has 3 heterocycles. The minimum Gasteiger partial charge on any atom is -0.349 e. The van der Waals surface area contributed by atoms with E-state index in [0.29, 0.717) is 17.0 Å². The fourth-order valence-corrected chi connectivity index (χ4v) is 4.12. The van der Waals surface area contributed by atoms with Crippen molar-refractivity contribution in [3.05, 3.63) is 54.1 Å². The average molecular weight is 337 g/mol. The molecule has 0 atom stereocenters. The number of rotatable bonds is 4. The molecule has 2 aromatic heterocycles. The molecule has 2 fully saturated rings. The van der Waals surface area contributed by atoms with Crippen LogP contribution in [0.2, 0.25) is 0 Å². The number of piperidine rings is 1. The summed E-state index contributed by atoms with van der Waals surface area (Å²) in [6.45, 7) is 3.24. The van der Waals surface area contributed by atoms with Crippen molar-refractivity contribution < 1.29 is 4.79 Å². The Morgan fingerprint density at radius 3 is 2.68 bits per heavy atom. The van der Waals surface area contributed by atoms with Crippen LogP contribution < -0.4 is 5.32 Å². The first kappa shape index (κ1) is 16.1. The van der Waals surface area contributed by atoms with Gasteiger partial charge in [0, 0.05) is 25.0 Å². The van der Waals surface area contributed by atoms with Gasteiger partial charge in [-0.2, -0.15) is 10.2 Å². The molecule has 2 aromatic rings. The lowest BCUT2D eigenvalue weighted by atomic mass is 9.60. The molecule has 0 aromatic carbocycles. The lowest BCUT2D eigenvalue weighted by Crippen LogP contribution is -2.54. The third-order valence-electron chi connectivity index (χ3n) is 5.59. The number of carbonyl (C=O) groups excluding carboxylic acids is 1. The van der Waals surface area contributed by atoms with Crippen LogP contribution in [0.15, 0.2) is 43.0 Å². The van der Waals surface area contributed by atoms with Crippen LogP contribution in [0.25, 0.3) is 0 Å². The van der Waals surface area contributed by atoms with Crippen LogP contribution in [-0.4, -0.2) is 45.1 Å². The van der Waals surface area contributed by atoms with E-state index in [1.54, 1.807) is 12.3 Å². The van der Waals surface area contributed by atoms with Gasteiger partial charge in [-0.25, -0.2) is 0 Å². The van der Waals surface area contributed by atoms with Crippen molar-refractivity contribution in [2.24, 2.45) is 5.41 Å². The van der Waals surface area contributed by atoms with Crippen molar-refractivity contribution in [2.75, 3.05) is 13.1 Å². The molecule has 1 spiro atoms. The number of nitrogens with zero attached hydrogens (tertiary/aromatic N) is 4. The first-order valence-electron chi connectivity index (χ1n) is 8.91. The molecule has 1 amide bonds. The van der Waals surface area contributed by atoms with Gasteiger partial charge in [0.05, 0.1) is 18.0 Å². The smallest absolute Gasteiger partial charge is 0.253 e. The maximum atomic E-state index is 12.2. The maximum absolute atomic E-state index is 12.2. The number of carbonyl (C=O) groups is 1. The minimum atomic E-state index is -0.0382. The number of likely N-dealkylation sites (tertiary alicyclic amines) is 1. The first-order chi connectivity index (χ1) is 12.2. The van der Waals surface area contributed by atoms with Crippen molar-refractivity contribution in [1.29, 1.82) is 0 Å². The van der Waals surface area contributed by atoms with Crippen molar-refractivity contribution in [1.82, 2.24) is 25.4 Å². The van der Waals surface area contributed by atoms with Crippen molar-refractivity contribution in [3.8, 4) is 0 Å². The van der Waals surface area contributed by atoms with E-state index in [0.717, 1.165) is 32.5 Å². The molecule has 1 aliphatic heterocycles. The number of aromatic nitrogens is 3. The van der Waals surface area contributed by atoms with Gasteiger partial charge in [-0.05, 0) is 61.9 Å². The Bertz CT molecular complexity index is 705. The van der Waals surface area contributed by atoms with E-state index < -0.39 is 0 Å². The monoisotopic (exact) mass is 337 g/mol. The highest BCUT2D eigenvalue weighted by atomic mass is 16.1. The molecule has 1 saturated carbocycles. The summed E-state index contributed by atoms with van der Waals surface area (Å²) >= 11 is 0. The van der Waals surface area contributed by atoms with E-state index in [9.17, 15) is 4.79 Å². The molecule has 2 aliphatic rings. The standard InChI is InChI=1S/C19H23N5O/c25-18(16-3-7-21-22-13-16)23-17-10-19(11-17)4-8-24(9-5-19)14-15-2-1-6-20-12-15/h1-3,6-7,12-13,17H,4-5,8-11,14H2,(H,23,25). The molecule has 130 valence electrons. The molecular weight excluding hydrogens is 314 g/mol. The van der Waals surface area contributed by atoms with Gasteiger partial charge in [0.2, 0.25) is 0 Å². The fraction of sp³-hybridized carbons (Fsp3) is 0.474. The summed E-state index contributed by atoms with van der Waals surface area (Å²) in [4.78, 5) is 18.9. The van der Waals surface area contributed by atoms with Crippen LogP contribution in [0, 0.1) is 5.41 Å². The van der Waals surface area contributed by atoms with Gasteiger partial charge in [-0.15, -0.1) is 0 Å². The van der Waals surface area contributed by atoms with E-state index in [2.05, 4.69) is 31.5 Å². The van der Waals surface area contributed by atoms with Crippen LogP contribution in [0.1, 0.15) is 41.6 Å². The van der Waals surface area contributed by atoms with E-state index >= 15 is 0 Å². The highest BCUT2D eigenvalue weighted by Crippen LogP contribution is 2.49. The van der Waals surface area contributed by atoms with Gasteiger partial charge >= 0.3 is 0 Å². The Hall–Kier alpha value is -2.34. The van der Waals surface area contributed by atoms with Gasteiger partial charge in [0.15, 0.2) is 0 Å². The van der Waals surface area contributed by atoms with Gasteiger partial charge < -0.3 is 5.32 Å². The average Bonchev–Trinajstić information content (AvgIpc) is 2.63. The van der Waals surface area contributed by atoms with Gasteiger partial charge in [0.1, 0.15) is 0 Å². The summed E-state index contributed by atoms with van der Waals surface area (Å²) < 4.78 is 0. The van der Waals surface area contributed by atoms with Crippen LogP contribution in [0.5, 0.6) is 0 Å². The summed E-state index contributed by atoms with van der Waals surface area (Å²) in [7, 11) is 0. The summed E-state index contributed by atoms with van der Waals surface area (Å²) in [5.74, 6) is -0.0382. The van der Waals surface area contributed by atoms with E-state index in [-0.39, 0.29) is 5.91 Å². The third kappa shape index (κ3) is 3.69. The van der Waals surface area contributed by atoms with Crippen LogP contribution in [-0.2, 0) is 6.54 Å². The van der Waals surface area contributed by atoms with Crippen molar-refractivity contribution in [2.45, 2.75) is 38.3 Å². The Morgan fingerprint density at radius 1 is 1.16 bits per heavy atom. The number of hydrogen-bond acceptors (Lipinski definition) is 5. The zero-order valence-corrected chi connectivity index (χ0v) is 14.3. The predicted octanol–water partition coefficient (Wildman–Crippen LogP) is 2.05. The lowest BCUT2D eigenvalue weighted by Gasteiger charge is -2.52. The second-order valence-corrected chi connectivity index (χ2v) is 7.35. The van der Waals surface area contributed by atoms with E-state index in [1.165, 1.54) is 24.6 Å². The van der Waals surface area contributed by atoms with E-state index in [1.807, 2.05) is 18.5 Å². The van der Waals surface area contributed by atoms with Crippen LogP contribution in [0.4, 0.5) is 0 Å². The molecule has 6 heteroatoms. The zero-order chi connectivity index (χ0) is 17.1. The quantitative estimate of drug-likeness (QED) is 0.924. The molecule has 1 N–H and O–H groups in total. The molecule has 25 heavy (non-hydrogen) atoms. The molecule has 0 bridgehead atoms. The second kappa shape index (κ2) is 6.88. The summed E-state index contributed by atoms with van der Waals surface area (Å²) in [6, 6.07) is 6.14. The topological polar surface area (TPSA) is 71.0 Å². The third-order valence-corrected chi connectivity index (χ3v) is 5.59. The predicted molar refractivity (Wildman–Crippen MR) is 93.7 cm³/mol. The van der Waals surface area contributed by atoms with Gasteiger partial charge in [0.25, 0.3) is 5.91 Å². The molecular formula is C19H23N5O. The highest BCUT2D eigenvalue weighted by Gasteiger charge is 2.46. The summed E-state index contributed by atoms with van der Waals surface area (Å²) in [6.07, 6.45) is 11.5. The second-order valence-electron chi connectivity index (χ2n) is 7.35. The van der Waals surface area contributed by atoms with Crippen molar-refractivity contribution >= 4 is 5.91 Å².